The monoisotopic (exact) mass is 553 g/mol. The Hall–Kier alpha value is -4.25. The molecule has 0 radical (unpaired) electrons. The summed E-state index contributed by atoms with van der Waals surface area (Å²) in [6, 6.07) is 16.4. The highest BCUT2D eigenvalue weighted by atomic mass is 19.4. The van der Waals surface area contributed by atoms with Crippen molar-refractivity contribution in [2.75, 3.05) is 5.32 Å². The molecule has 3 N–H and O–H groups in total. The third-order valence-corrected chi connectivity index (χ3v) is 6.67. The third-order valence-electron chi connectivity index (χ3n) is 6.67. The Kier molecular flexibility index (Phi) is 7.83. The number of hydrogen-bond donors (Lipinski definition) is 2. The van der Waals surface area contributed by atoms with E-state index in [0.29, 0.717) is 35.4 Å². The molecule has 7 nitrogen and oxygen atoms in total. The van der Waals surface area contributed by atoms with Gasteiger partial charge in [-0.15, -0.1) is 0 Å². The molecule has 1 aliphatic carbocycles. The first-order chi connectivity index (χ1) is 19.2. The number of anilines is 1. The number of nitrogens with zero attached hydrogens (tertiary/aromatic N) is 3. The molecule has 0 saturated heterocycles. The van der Waals surface area contributed by atoms with Crippen LogP contribution in [0.2, 0.25) is 0 Å². The van der Waals surface area contributed by atoms with Crippen LogP contribution in [0.3, 0.4) is 0 Å². The Labute approximate surface area is 228 Å². The van der Waals surface area contributed by atoms with Crippen LogP contribution in [0.5, 0.6) is 5.88 Å². The topological polar surface area (TPSA) is 95.1 Å². The second-order valence-corrected chi connectivity index (χ2v) is 9.69. The van der Waals surface area contributed by atoms with E-state index in [1.165, 1.54) is 24.3 Å². The Morgan fingerprint density at radius 3 is 2.62 bits per heavy atom. The molecule has 5 rings (SSSR count). The summed E-state index contributed by atoms with van der Waals surface area (Å²) in [6.07, 6.45) is 0.218. The minimum Gasteiger partial charge on any atom is -0.469 e. The molecular formula is C29H27F4N5O2. The number of carbonyl (C=O) groups is 1. The number of ether oxygens (including phenoxy) is 1. The molecule has 0 aliphatic heterocycles. The second-order valence-electron chi connectivity index (χ2n) is 9.69. The maximum absolute atomic E-state index is 14.9. The van der Waals surface area contributed by atoms with E-state index in [4.69, 9.17) is 10.5 Å². The average molecular weight is 554 g/mol. The summed E-state index contributed by atoms with van der Waals surface area (Å²) in [6.45, 7) is 0.142. The molecule has 40 heavy (non-hydrogen) atoms. The van der Waals surface area contributed by atoms with Gasteiger partial charge in [-0.1, -0.05) is 37.1 Å². The van der Waals surface area contributed by atoms with Crippen molar-refractivity contribution in [3.63, 3.8) is 0 Å². The highest BCUT2D eigenvalue weighted by Gasteiger charge is 2.36. The summed E-state index contributed by atoms with van der Waals surface area (Å²) < 4.78 is 62.5. The van der Waals surface area contributed by atoms with Gasteiger partial charge in [0.1, 0.15) is 17.6 Å². The maximum atomic E-state index is 14.9. The molecule has 0 bridgehead atoms. The zero-order valence-electron chi connectivity index (χ0n) is 21.4. The molecule has 1 saturated carbocycles. The third kappa shape index (κ3) is 6.48. The molecule has 208 valence electrons. The molecule has 1 amide bonds. The van der Waals surface area contributed by atoms with Crippen LogP contribution < -0.4 is 15.8 Å². The van der Waals surface area contributed by atoms with Crippen LogP contribution in [0.1, 0.15) is 59.1 Å². The smallest absolute Gasteiger partial charge is 0.435 e. The minimum atomic E-state index is -4.80. The number of carbonyl (C=O) groups excluding carboxylic acids is 1. The van der Waals surface area contributed by atoms with E-state index >= 15 is 0 Å². The van der Waals surface area contributed by atoms with E-state index in [-0.39, 0.29) is 17.9 Å². The van der Waals surface area contributed by atoms with Crippen molar-refractivity contribution in [1.29, 1.82) is 0 Å². The Balaban J connectivity index is 1.45. The first-order valence-corrected chi connectivity index (χ1v) is 12.9. The lowest BCUT2D eigenvalue weighted by Crippen LogP contribution is -2.18. The summed E-state index contributed by atoms with van der Waals surface area (Å²) >= 11 is 0. The fraction of sp³-hybridized carbons (Fsp3) is 0.276. The predicted molar refractivity (Wildman–Crippen MR) is 140 cm³/mol. The number of halogens is 4. The molecule has 1 fully saturated rings. The molecule has 4 aromatic rings. The van der Waals surface area contributed by atoms with Crippen LogP contribution in [-0.2, 0) is 12.7 Å². The Morgan fingerprint density at radius 2 is 1.93 bits per heavy atom. The van der Waals surface area contributed by atoms with Gasteiger partial charge >= 0.3 is 6.18 Å². The molecule has 2 heterocycles. The van der Waals surface area contributed by atoms with Gasteiger partial charge in [-0.3, -0.25) is 4.79 Å². The van der Waals surface area contributed by atoms with Crippen molar-refractivity contribution in [3.05, 3.63) is 101 Å². The standard InChI is InChI=1S/C29H27F4N5O2/c30-22-11-10-20(25(12-9-18-7-8-18)40-27-6-1-2-13-35-27)15-23(22)36-28(39)24-16-26(29(31,32)33)37-38(24)21-5-3-4-19(14-21)17-34/h1-6,10-11,13-16,18,25H,7-9,12,17,34H2,(H,36,39). The van der Waals surface area contributed by atoms with Gasteiger partial charge in [0.05, 0.1) is 11.4 Å². The molecular weight excluding hydrogens is 526 g/mol. The van der Waals surface area contributed by atoms with Crippen LogP contribution in [0.4, 0.5) is 23.2 Å². The number of nitrogens with one attached hydrogen (secondary N) is 1. The highest BCUT2D eigenvalue weighted by Crippen LogP contribution is 2.38. The molecule has 2 aromatic carbocycles. The SMILES string of the molecule is NCc1cccc(-n2nc(C(F)(F)F)cc2C(=O)Nc2cc(C(CCC3CC3)Oc3ccccn3)ccc2F)c1. The van der Waals surface area contributed by atoms with Crippen LogP contribution in [0.15, 0.2) is 72.9 Å². The molecule has 2 aromatic heterocycles. The first-order valence-electron chi connectivity index (χ1n) is 12.9. The minimum absolute atomic E-state index is 0.142. The normalized spacial score (nSPS) is 14.1. The summed E-state index contributed by atoms with van der Waals surface area (Å²) in [5.41, 5.74) is 5.25. The molecule has 11 heteroatoms. The lowest BCUT2D eigenvalue weighted by atomic mass is 10.0. The van der Waals surface area contributed by atoms with Crippen molar-refractivity contribution < 1.29 is 27.1 Å². The van der Waals surface area contributed by atoms with Crippen LogP contribution >= 0.6 is 0 Å². The lowest BCUT2D eigenvalue weighted by Gasteiger charge is -2.20. The van der Waals surface area contributed by atoms with Gasteiger partial charge in [0.25, 0.3) is 5.91 Å². The van der Waals surface area contributed by atoms with E-state index in [9.17, 15) is 22.4 Å². The number of aromatic nitrogens is 3. The van der Waals surface area contributed by atoms with E-state index < -0.39 is 35.4 Å². The average Bonchev–Trinajstić information content (AvgIpc) is 3.66. The van der Waals surface area contributed by atoms with E-state index in [1.807, 2.05) is 0 Å². The first kappa shape index (κ1) is 27.3. The molecule has 1 unspecified atom stereocenters. The van der Waals surface area contributed by atoms with Gasteiger partial charge in [-0.2, -0.15) is 18.3 Å². The van der Waals surface area contributed by atoms with Crippen LogP contribution in [0, 0.1) is 11.7 Å². The zero-order chi connectivity index (χ0) is 28.3. The van der Waals surface area contributed by atoms with Gasteiger partial charge < -0.3 is 15.8 Å². The fourth-order valence-corrected chi connectivity index (χ4v) is 4.37. The van der Waals surface area contributed by atoms with Crippen LogP contribution in [0.25, 0.3) is 5.69 Å². The number of benzene rings is 2. The van der Waals surface area contributed by atoms with Crippen molar-refractivity contribution in [1.82, 2.24) is 14.8 Å². The number of rotatable bonds is 10. The largest absolute Gasteiger partial charge is 0.469 e. The van der Waals surface area contributed by atoms with Crippen molar-refractivity contribution >= 4 is 11.6 Å². The lowest BCUT2D eigenvalue weighted by molar-refractivity contribution is -0.141. The number of pyridine rings is 1. The van der Waals surface area contributed by atoms with E-state index in [1.54, 1.807) is 42.6 Å². The van der Waals surface area contributed by atoms with Gasteiger partial charge in [-0.25, -0.2) is 14.1 Å². The summed E-state index contributed by atoms with van der Waals surface area (Å²) in [7, 11) is 0. The van der Waals surface area contributed by atoms with Crippen LogP contribution in [-0.4, -0.2) is 20.7 Å². The van der Waals surface area contributed by atoms with Gasteiger partial charge in [0.2, 0.25) is 5.88 Å². The molecule has 1 atom stereocenters. The van der Waals surface area contributed by atoms with Gasteiger partial charge in [0, 0.05) is 24.9 Å². The number of alkyl halides is 3. The maximum Gasteiger partial charge on any atom is 0.435 e. The predicted octanol–water partition coefficient (Wildman–Crippen LogP) is 6.45. The number of amides is 1. The molecule has 0 spiro atoms. The van der Waals surface area contributed by atoms with Crippen molar-refractivity contribution in [2.24, 2.45) is 11.7 Å². The van der Waals surface area contributed by atoms with E-state index in [0.717, 1.165) is 23.9 Å². The Bertz CT molecular complexity index is 1490. The number of hydrogen-bond acceptors (Lipinski definition) is 5. The van der Waals surface area contributed by atoms with Gasteiger partial charge in [-0.05, 0) is 60.2 Å². The number of nitrogens with two attached hydrogens (primary N) is 1. The molecule has 1 aliphatic rings. The van der Waals surface area contributed by atoms with E-state index in [2.05, 4.69) is 15.4 Å². The summed E-state index contributed by atoms with van der Waals surface area (Å²) in [5, 5.41) is 6.05. The Morgan fingerprint density at radius 1 is 1.10 bits per heavy atom. The second kappa shape index (κ2) is 11.5. The van der Waals surface area contributed by atoms with Crippen molar-refractivity contribution in [2.45, 2.75) is 44.5 Å². The highest BCUT2D eigenvalue weighted by molar-refractivity contribution is 6.03. The summed E-state index contributed by atoms with van der Waals surface area (Å²) in [4.78, 5) is 17.5. The fourth-order valence-electron chi connectivity index (χ4n) is 4.37. The summed E-state index contributed by atoms with van der Waals surface area (Å²) in [5.74, 6) is -0.683. The van der Waals surface area contributed by atoms with Crippen molar-refractivity contribution in [3.8, 4) is 11.6 Å². The van der Waals surface area contributed by atoms with Gasteiger partial charge in [0.15, 0.2) is 5.69 Å². The quantitative estimate of drug-likeness (QED) is 0.220. The zero-order valence-corrected chi connectivity index (χ0v) is 21.4.